The van der Waals surface area contributed by atoms with Crippen molar-refractivity contribution in [2.75, 3.05) is 13.7 Å². The minimum Gasteiger partial charge on any atom is -0.497 e. The van der Waals surface area contributed by atoms with E-state index in [9.17, 15) is 23.1 Å². The van der Waals surface area contributed by atoms with E-state index in [0.29, 0.717) is 34.4 Å². The average Bonchev–Trinajstić information content (AvgIpc) is 3.81. The van der Waals surface area contributed by atoms with Crippen LogP contribution < -0.4 is 18.9 Å². The molecule has 1 unspecified atom stereocenters. The predicted octanol–water partition coefficient (Wildman–Crippen LogP) is 6.23. The number of carbonyl (C=O) groups is 1. The van der Waals surface area contributed by atoms with Crippen LogP contribution in [-0.2, 0) is 4.79 Å². The molecule has 0 aliphatic heterocycles. The van der Waals surface area contributed by atoms with E-state index in [1.807, 2.05) is 12.1 Å². The lowest BCUT2D eigenvalue weighted by Crippen LogP contribution is -2.30. The van der Waals surface area contributed by atoms with Crippen LogP contribution in [0.2, 0.25) is 0 Å². The van der Waals surface area contributed by atoms with Gasteiger partial charge in [0.05, 0.1) is 19.6 Å². The first-order valence-corrected chi connectivity index (χ1v) is 13.9. The lowest BCUT2D eigenvalue weighted by atomic mass is 9.91. The zero-order valence-corrected chi connectivity index (χ0v) is 23.0. The van der Waals surface area contributed by atoms with E-state index < -0.39 is 18.8 Å². The van der Waals surface area contributed by atoms with Gasteiger partial charge in [-0.05, 0) is 74.1 Å². The zero-order valence-electron chi connectivity index (χ0n) is 23.0. The number of benzene rings is 1. The van der Waals surface area contributed by atoms with Gasteiger partial charge in [0, 0.05) is 41.9 Å². The summed E-state index contributed by atoms with van der Waals surface area (Å²) in [5, 5.41) is 9.34. The summed E-state index contributed by atoms with van der Waals surface area (Å²) in [5.74, 6) is 1.22. The molecule has 0 bridgehead atoms. The van der Waals surface area contributed by atoms with Crippen molar-refractivity contribution in [1.82, 2.24) is 15.0 Å². The standard InChI is InChI=1S/C30H32F3N3O6/c1-39-23-8-9-24(20-15-35-29(36-16-20)40-17-30(31,32)33)26(13-23)41-21-4-6-22(7-5-21)42-27-12-19(10-11-34-27)25(14-28(37)38)18-2-3-18/h8-13,15-16,18,21-22,25H,2-7,14,17H2,1H3,(H,37,38)/t21-,22+,25?. The van der Waals surface area contributed by atoms with Gasteiger partial charge in [0.25, 0.3) is 0 Å². The summed E-state index contributed by atoms with van der Waals surface area (Å²) < 4.78 is 59.9. The third-order valence-electron chi connectivity index (χ3n) is 7.47. The van der Waals surface area contributed by atoms with Gasteiger partial charge in [-0.2, -0.15) is 13.2 Å². The van der Waals surface area contributed by atoms with Crippen LogP contribution in [-0.4, -0.2) is 58.1 Å². The quantitative estimate of drug-likeness (QED) is 0.264. The molecule has 2 aromatic heterocycles. The number of hydrogen-bond acceptors (Lipinski definition) is 8. The van der Waals surface area contributed by atoms with Crippen molar-refractivity contribution in [2.45, 2.75) is 69.2 Å². The molecule has 12 heteroatoms. The molecule has 2 aliphatic carbocycles. The van der Waals surface area contributed by atoms with Crippen LogP contribution in [0, 0.1) is 5.92 Å². The van der Waals surface area contributed by atoms with Crippen LogP contribution in [0.3, 0.4) is 0 Å². The second kappa shape index (κ2) is 12.8. The molecule has 1 aromatic carbocycles. The Kier molecular flexibility index (Phi) is 8.98. The van der Waals surface area contributed by atoms with E-state index in [1.54, 1.807) is 31.5 Å². The number of rotatable bonds is 12. The van der Waals surface area contributed by atoms with E-state index in [2.05, 4.69) is 19.7 Å². The third-order valence-corrected chi connectivity index (χ3v) is 7.47. The normalized spacial score (nSPS) is 19.5. The number of pyridine rings is 1. The Bertz CT molecular complexity index is 1360. The molecular formula is C30H32F3N3O6. The number of halogens is 3. The maximum Gasteiger partial charge on any atom is 0.422 e. The highest BCUT2D eigenvalue weighted by Gasteiger charge is 2.34. The molecule has 5 rings (SSSR count). The molecule has 0 spiro atoms. The third kappa shape index (κ3) is 8.01. The highest BCUT2D eigenvalue weighted by atomic mass is 19.4. The molecule has 3 aromatic rings. The van der Waals surface area contributed by atoms with Crippen molar-refractivity contribution in [3.63, 3.8) is 0 Å². The Morgan fingerprint density at radius 1 is 0.976 bits per heavy atom. The van der Waals surface area contributed by atoms with E-state index >= 15 is 0 Å². The van der Waals surface area contributed by atoms with Crippen LogP contribution in [0.1, 0.15) is 56.4 Å². The smallest absolute Gasteiger partial charge is 0.422 e. The predicted molar refractivity (Wildman–Crippen MR) is 145 cm³/mol. The number of hydrogen-bond donors (Lipinski definition) is 1. The molecule has 224 valence electrons. The van der Waals surface area contributed by atoms with Crippen molar-refractivity contribution in [1.29, 1.82) is 0 Å². The summed E-state index contributed by atoms with van der Waals surface area (Å²) in [6, 6.07) is 8.69. The van der Waals surface area contributed by atoms with Gasteiger partial charge in [0.1, 0.15) is 17.6 Å². The monoisotopic (exact) mass is 587 g/mol. The van der Waals surface area contributed by atoms with E-state index in [-0.39, 0.29) is 30.6 Å². The van der Waals surface area contributed by atoms with Crippen LogP contribution in [0.15, 0.2) is 48.9 Å². The van der Waals surface area contributed by atoms with Crippen molar-refractivity contribution in [3.05, 3.63) is 54.5 Å². The number of methoxy groups -OCH3 is 1. The van der Waals surface area contributed by atoms with Gasteiger partial charge >= 0.3 is 18.2 Å². The number of aromatic nitrogens is 3. The van der Waals surface area contributed by atoms with Gasteiger partial charge in [-0.1, -0.05) is 0 Å². The van der Waals surface area contributed by atoms with Gasteiger partial charge in [-0.3, -0.25) is 4.79 Å². The number of ether oxygens (including phenoxy) is 4. The van der Waals surface area contributed by atoms with E-state index in [1.165, 1.54) is 12.4 Å². The summed E-state index contributed by atoms with van der Waals surface area (Å²) >= 11 is 0. The maximum atomic E-state index is 12.4. The van der Waals surface area contributed by atoms with Gasteiger partial charge < -0.3 is 24.1 Å². The van der Waals surface area contributed by atoms with Crippen molar-refractivity contribution >= 4 is 5.97 Å². The lowest BCUT2D eigenvalue weighted by Gasteiger charge is -2.30. The number of carboxylic acid groups (broad SMARTS) is 1. The summed E-state index contributed by atoms with van der Waals surface area (Å²) in [7, 11) is 1.55. The van der Waals surface area contributed by atoms with E-state index in [0.717, 1.165) is 44.1 Å². The Hall–Kier alpha value is -4.09. The second-order valence-corrected chi connectivity index (χ2v) is 10.6. The molecule has 1 atom stereocenters. The molecule has 2 saturated carbocycles. The minimum atomic E-state index is -4.48. The summed E-state index contributed by atoms with van der Waals surface area (Å²) in [5.41, 5.74) is 2.18. The SMILES string of the molecule is COc1ccc(-c2cnc(OCC(F)(F)F)nc2)c(O[C@H]2CC[C@@H](Oc3cc(C(CC(=O)O)C4CC4)ccn3)CC2)c1. The molecule has 1 N–H and O–H groups in total. The van der Waals surface area contributed by atoms with Gasteiger partial charge in [0.2, 0.25) is 5.88 Å². The average molecular weight is 588 g/mol. The van der Waals surface area contributed by atoms with Crippen molar-refractivity contribution < 1.29 is 42.0 Å². The molecule has 2 heterocycles. The maximum absolute atomic E-state index is 12.4. The van der Waals surface area contributed by atoms with Gasteiger partial charge in [-0.15, -0.1) is 0 Å². The van der Waals surface area contributed by atoms with E-state index in [4.69, 9.17) is 14.2 Å². The number of alkyl halides is 3. The van der Waals surface area contributed by atoms with Gasteiger partial charge in [-0.25, -0.2) is 15.0 Å². The van der Waals surface area contributed by atoms with Crippen LogP contribution in [0.5, 0.6) is 23.4 Å². The van der Waals surface area contributed by atoms with Crippen molar-refractivity contribution in [2.24, 2.45) is 5.92 Å². The summed E-state index contributed by atoms with van der Waals surface area (Å²) in [6.07, 6.45) is 4.97. The lowest BCUT2D eigenvalue weighted by molar-refractivity contribution is -0.154. The number of carboxylic acids is 1. The van der Waals surface area contributed by atoms with Crippen molar-refractivity contribution in [3.8, 4) is 34.5 Å². The van der Waals surface area contributed by atoms with Crippen LogP contribution in [0.4, 0.5) is 13.2 Å². The number of nitrogens with zero attached hydrogens (tertiary/aromatic N) is 3. The second-order valence-electron chi connectivity index (χ2n) is 10.6. The fourth-order valence-electron chi connectivity index (χ4n) is 5.22. The fourth-order valence-corrected chi connectivity index (χ4v) is 5.22. The summed E-state index contributed by atoms with van der Waals surface area (Å²) in [4.78, 5) is 23.6. The molecular weight excluding hydrogens is 555 g/mol. The molecule has 0 saturated heterocycles. The van der Waals surface area contributed by atoms with Crippen LogP contribution >= 0.6 is 0 Å². The largest absolute Gasteiger partial charge is 0.497 e. The number of aliphatic carboxylic acids is 1. The Morgan fingerprint density at radius 2 is 1.67 bits per heavy atom. The zero-order chi connectivity index (χ0) is 29.7. The Balaban J connectivity index is 1.20. The Labute approximate surface area is 241 Å². The molecule has 2 fully saturated rings. The minimum absolute atomic E-state index is 0.0249. The Morgan fingerprint density at radius 3 is 2.29 bits per heavy atom. The fraction of sp³-hybridized carbons (Fsp3) is 0.467. The van der Waals surface area contributed by atoms with Gasteiger partial charge in [0.15, 0.2) is 6.61 Å². The molecule has 0 amide bonds. The highest BCUT2D eigenvalue weighted by molar-refractivity contribution is 5.70. The highest BCUT2D eigenvalue weighted by Crippen LogP contribution is 2.45. The van der Waals surface area contributed by atoms with Crippen LogP contribution in [0.25, 0.3) is 11.1 Å². The molecule has 2 aliphatic rings. The first kappa shape index (κ1) is 29.4. The molecule has 9 nitrogen and oxygen atoms in total. The first-order valence-electron chi connectivity index (χ1n) is 13.9. The first-order chi connectivity index (χ1) is 20.2. The summed E-state index contributed by atoms with van der Waals surface area (Å²) in [6.45, 7) is -1.47. The topological polar surface area (TPSA) is 113 Å². The molecule has 0 radical (unpaired) electrons. The molecule has 42 heavy (non-hydrogen) atoms.